The summed E-state index contributed by atoms with van der Waals surface area (Å²) in [4.78, 5) is 28.8. The predicted octanol–water partition coefficient (Wildman–Crippen LogP) is 5.16. The molecule has 1 fully saturated rings. The van der Waals surface area contributed by atoms with Gasteiger partial charge >= 0.3 is 0 Å². The van der Waals surface area contributed by atoms with E-state index in [0.717, 1.165) is 11.3 Å². The largest absolute Gasteiger partial charge is 0.484 e. The number of rotatable bonds is 7. The third kappa shape index (κ3) is 5.48. The normalized spacial score (nSPS) is 17.4. The Bertz CT molecular complexity index is 1340. The summed E-state index contributed by atoms with van der Waals surface area (Å²) < 4.78 is 11.1. The fraction of sp³-hybridized carbons (Fsp3) is 0.250. The summed E-state index contributed by atoms with van der Waals surface area (Å²) in [5.74, 6) is 0.567. The van der Waals surface area contributed by atoms with Gasteiger partial charge in [0.15, 0.2) is 24.4 Å². The van der Waals surface area contributed by atoms with Crippen molar-refractivity contribution in [2.45, 2.75) is 13.1 Å². The number of amidine groups is 1. The summed E-state index contributed by atoms with van der Waals surface area (Å²) in [5.41, 5.74) is 2.34. The zero-order valence-electron chi connectivity index (χ0n) is 20.7. The first-order valence-electron chi connectivity index (χ1n) is 12.2. The van der Waals surface area contributed by atoms with Gasteiger partial charge < -0.3 is 14.4 Å². The number of hydrazone groups is 1. The second-order valence-corrected chi connectivity index (χ2v) is 9.67. The number of Topliss-reactive ketones (excluding diaryl/α,β-unsaturated/α-hetero) is 1. The molecule has 2 heterocycles. The van der Waals surface area contributed by atoms with Crippen LogP contribution in [0.25, 0.3) is 0 Å². The molecule has 0 aromatic heterocycles. The van der Waals surface area contributed by atoms with Crippen molar-refractivity contribution in [1.29, 1.82) is 0 Å². The molecule has 1 amide bonds. The number of para-hydroxylation sites is 1. The van der Waals surface area contributed by atoms with E-state index in [1.807, 2.05) is 65.6 Å². The number of halogens is 2. The minimum atomic E-state index is -0.488. The van der Waals surface area contributed by atoms with Crippen molar-refractivity contribution in [2.75, 3.05) is 42.8 Å². The lowest BCUT2D eigenvalue weighted by atomic mass is 10.1. The molecule has 8 nitrogen and oxygen atoms in total. The van der Waals surface area contributed by atoms with Crippen molar-refractivity contribution in [3.05, 3.63) is 88.4 Å². The molecular weight excluding hydrogens is 527 g/mol. The van der Waals surface area contributed by atoms with Crippen LogP contribution in [0.2, 0.25) is 10.0 Å². The van der Waals surface area contributed by atoms with Gasteiger partial charge in [-0.3, -0.25) is 14.5 Å². The molecule has 5 rings (SSSR count). The molecule has 1 atom stereocenters. The molecule has 196 valence electrons. The number of anilines is 2. The topological polar surface area (TPSA) is 74.7 Å². The molecule has 2 aliphatic heterocycles. The van der Waals surface area contributed by atoms with Gasteiger partial charge in [-0.25, -0.2) is 5.01 Å². The number of amides is 1. The van der Waals surface area contributed by atoms with Crippen molar-refractivity contribution in [1.82, 2.24) is 4.90 Å². The summed E-state index contributed by atoms with van der Waals surface area (Å²) >= 11 is 12.5. The average molecular weight is 553 g/mol. The van der Waals surface area contributed by atoms with Gasteiger partial charge in [-0.05, 0) is 48.0 Å². The maximum atomic E-state index is 12.7. The van der Waals surface area contributed by atoms with E-state index in [9.17, 15) is 9.59 Å². The molecule has 0 aliphatic carbocycles. The summed E-state index contributed by atoms with van der Waals surface area (Å²) in [6.07, 6.45) is -0.488. The number of carbonyl (C=O) groups excluding carboxylic acids is 2. The van der Waals surface area contributed by atoms with Crippen molar-refractivity contribution in [2.24, 2.45) is 5.10 Å². The highest BCUT2D eigenvalue weighted by Gasteiger charge is 2.39. The molecule has 3 aromatic rings. The van der Waals surface area contributed by atoms with Gasteiger partial charge in [0, 0.05) is 25.7 Å². The Morgan fingerprint density at radius 2 is 1.66 bits per heavy atom. The van der Waals surface area contributed by atoms with E-state index in [1.165, 1.54) is 6.92 Å². The molecule has 0 saturated carbocycles. The van der Waals surface area contributed by atoms with Crippen LogP contribution in [-0.2, 0) is 14.3 Å². The Hall–Kier alpha value is -3.59. The maximum absolute atomic E-state index is 12.7. The summed E-state index contributed by atoms with van der Waals surface area (Å²) in [6, 6.07) is 22.3. The minimum Gasteiger partial charge on any atom is -0.484 e. The van der Waals surface area contributed by atoms with E-state index in [-0.39, 0.29) is 24.1 Å². The molecule has 38 heavy (non-hydrogen) atoms. The lowest BCUT2D eigenvalue weighted by Crippen LogP contribution is -2.42. The lowest BCUT2D eigenvalue weighted by molar-refractivity contribution is -0.137. The SMILES string of the molecule is CC(=O)C1=NN(c2ccccc2)C(c2ccc(OCC(=O)N3CCOCC3)cc2)N1c1ccc(Cl)c(Cl)c1. The van der Waals surface area contributed by atoms with E-state index >= 15 is 0 Å². The quantitative estimate of drug-likeness (QED) is 0.403. The molecule has 1 unspecified atom stereocenters. The first-order valence-corrected chi connectivity index (χ1v) is 12.9. The molecule has 2 aliphatic rings. The third-order valence-electron chi connectivity index (χ3n) is 6.33. The van der Waals surface area contributed by atoms with E-state index < -0.39 is 6.17 Å². The zero-order chi connectivity index (χ0) is 26.6. The first-order chi connectivity index (χ1) is 18.4. The van der Waals surface area contributed by atoms with Crippen LogP contribution in [0, 0.1) is 0 Å². The molecule has 0 radical (unpaired) electrons. The van der Waals surface area contributed by atoms with Crippen LogP contribution in [0.15, 0.2) is 77.9 Å². The van der Waals surface area contributed by atoms with Crippen molar-refractivity contribution in [3.63, 3.8) is 0 Å². The maximum Gasteiger partial charge on any atom is 0.260 e. The van der Waals surface area contributed by atoms with Crippen molar-refractivity contribution < 1.29 is 19.1 Å². The number of ketones is 1. The highest BCUT2D eigenvalue weighted by atomic mass is 35.5. The Morgan fingerprint density at radius 1 is 0.947 bits per heavy atom. The fourth-order valence-corrected chi connectivity index (χ4v) is 4.72. The van der Waals surface area contributed by atoms with Crippen LogP contribution < -0.4 is 14.6 Å². The Kier molecular flexibility index (Phi) is 7.83. The number of hydrogen-bond donors (Lipinski definition) is 0. The van der Waals surface area contributed by atoms with E-state index in [1.54, 1.807) is 22.0 Å². The predicted molar refractivity (Wildman–Crippen MR) is 148 cm³/mol. The molecular formula is C28H26Cl2N4O4. The van der Waals surface area contributed by atoms with E-state index in [2.05, 4.69) is 0 Å². The lowest BCUT2D eigenvalue weighted by Gasteiger charge is -2.32. The number of hydrogen-bond acceptors (Lipinski definition) is 7. The molecule has 1 saturated heterocycles. The average Bonchev–Trinajstić information content (AvgIpc) is 3.35. The third-order valence-corrected chi connectivity index (χ3v) is 7.07. The van der Waals surface area contributed by atoms with E-state index in [4.69, 9.17) is 37.8 Å². The van der Waals surface area contributed by atoms with Crippen LogP contribution in [0.1, 0.15) is 18.7 Å². The Labute approximate surface area is 230 Å². The van der Waals surface area contributed by atoms with Crippen LogP contribution in [0.4, 0.5) is 11.4 Å². The number of carbonyl (C=O) groups is 2. The summed E-state index contributed by atoms with van der Waals surface area (Å²) in [5, 5.41) is 7.31. The smallest absolute Gasteiger partial charge is 0.260 e. The zero-order valence-corrected chi connectivity index (χ0v) is 22.2. The highest BCUT2D eigenvalue weighted by molar-refractivity contribution is 6.45. The monoisotopic (exact) mass is 552 g/mol. The molecule has 0 bridgehead atoms. The van der Waals surface area contributed by atoms with Gasteiger partial charge in [0.2, 0.25) is 0 Å². The summed E-state index contributed by atoms with van der Waals surface area (Å²) in [6.45, 7) is 3.66. The summed E-state index contributed by atoms with van der Waals surface area (Å²) in [7, 11) is 0. The first kappa shape index (κ1) is 26.0. The van der Waals surface area contributed by atoms with Gasteiger partial charge in [0.1, 0.15) is 5.75 Å². The number of ether oxygens (including phenoxy) is 2. The van der Waals surface area contributed by atoms with Gasteiger partial charge in [-0.1, -0.05) is 53.5 Å². The second kappa shape index (κ2) is 11.4. The molecule has 3 aromatic carbocycles. The van der Waals surface area contributed by atoms with Crippen molar-refractivity contribution in [3.8, 4) is 5.75 Å². The van der Waals surface area contributed by atoms with Crippen LogP contribution >= 0.6 is 23.2 Å². The van der Waals surface area contributed by atoms with Gasteiger partial charge in [-0.2, -0.15) is 0 Å². The number of nitrogens with zero attached hydrogens (tertiary/aromatic N) is 4. The van der Waals surface area contributed by atoms with Crippen LogP contribution in [0.5, 0.6) is 5.75 Å². The fourth-order valence-electron chi connectivity index (χ4n) is 4.42. The van der Waals surface area contributed by atoms with E-state index in [0.29, 0.717) is 47.8 Å². The van der Waals surface area contributed by atoms with Crippen LogP contribution in [-0.4, -0.2) is 55.3 Å². The van der Waals surface area contributed by atoms with Gasteiger partial charge in [0.25, 0.3) is 5.91 Å². The van der Waals surface area contributed by atoms with Gasteiger partial charge in [-0.15, -0.1) is 5.10 Å². The molecule has 10 heteroatoms. The van der Waals surface area contributed by atoms with Crippen molar-refractivity contribution >= 4 is 52.1 Å². The number of morpholine rings is 1. The molecule has 0 spiro atoms. The molecule has 0 N–H and O–H groups in total. The minimum absolute atomic E-state index is 0.0497. The van der Waals surface area contributed by atoms with Gasteiger partial charge in [0.05, 0.1) is 28.9 Å². The standard InChI is InChI=1S/C28H26Cl2N4O4/c1-19(35)27-31-34(21-5-3-2-4-6-21)28(33(27)22-9-12-24(29)25(30)17-22)20-7-10-23(11-8-20)38-18-26(36)32-13-15-37-16-14-32/h2-12,17,28H,13-16,18H2,1H3. The number of benzene rings is 3. The van der Waals surface area contributed by atoms with Crippen LogP contribution in [0.3, 0.4) is 0 Å². The highest BCUT2D eigenvalue weighted by Crippen LogP contribution is 2.40. The Balaban J connectivity index is 1.45. The second-order valence-electron chi connectivity index (χ2n) is 8.85. The Morgan fingerprint density at radius 3 is 2.32 bits per heavy atom.